The molecule has 10 rings (SSSR count). The predicted octanol–water partition coefficient (Wildman–Crippen LogP) is 10.2. The van der Waals surface area contributed by atoms with Crippen LogP contribution in [0.1, 0.15) is 23.2 Å². The molecule has 0 N–H and O–H groups in total. The minimum Gasteiger partial charge on any atom is -0.331 e. The highest BCUT2D eigenvalue weighted by molar-refractivity contribution is 5.98. The molecule has 0 bridgehead atoms. The third-order valence-corrected chi connectivity index (χ3v) is 9.61. The Morgan fingerprint density at radius 1 is 0.386 bits per heavy atom. The standard InChI is InChI=1S/C40H26N4/c1-3-7-27-21-37-35(19-25(27)5-1)39-40(43(37)33-11-9-31-23-41-15-13-29(31)17-33)36-20-26-6-2-4-8-28(26)22-38(36)44(39)34-12-10-32-24-42-16-14-30(32)18-34/h1-24,39-40H. The molecule has 0 fully saturated rings. The van der Waals surface area contributed by atoms with Crippen LogP contribution in [0.3, 0.4) is 0 Å². The highest BCUT2D eigenvalue weighted by atomic mass is 15.3. The molecule has 44 heavy (non-hydrogen) atoms. The van der Waals surface area contributed by atoms with Gasteiger partial charge in [-0.3, -0.25) is 9.97 Å². The van der Waals surface area contributed by atoms with Crippen LogP contribution in [-0.2, 0) is 0 Å². The molecule has 0 radical (unpaired) electrons. The monoisotopic (exact) mass is 562 g/mol. The summed E-state index contributed by atoms with van der Waals surface area (Å²) in [5.41, 5.74) is 7.61. The predicted molar refractivity (Wildman–Crippen MR) is 181 cm³/mol. The lowest BCUT2D eigenvalue weighted by molar-refractivity contribution is 0.634. The molecule has 8 aromatic rings. The topological polar surface area (TPSA) is 32.3 Å². The number of fused-ring (bicyclic) bond motifs is 9. The molecule has 0 spiro atoms. The Morgan fingerprint density at radius 2 is 0.795 bits per heavy atom. The van der Waals surface area contributed by atoms with Crippen molar-refractivity contribution in [3.8, 4) is 0 Å². The third-order valence-electron chi connectivity index (χ3n) is 9.61. The molecule has 0 aliphatic carbocycles. The van der Waals surface area contributed by atoms with E-state index in [1.54, 1.807) is 0 Å². The molecular formula is C40H26N4. The van der Waals surface area contributed by atoms with Crippen LogP contribution >= 0.6 is 0 Å². The second kappa shape index (κ2) is 8.88. The van der Waals surface area contributed by atoms with E-state index in [2.05, 4.69) is 141 Å². The van der Waals surface area contributed by atoms with Gasteiger partial charge in [-0.2, -0.15) is 0 Å². The fourth-order valence-electron chi connectivity index (χ4n) is 7.62. The van der Waals surface area contributed by atoms with E-state index in [1.807, 2.05) is 24.8 Å². The molecule has 0 saturated carbocycles. The number of rotatable bonds is 2. The Bertz CT molecular complexity index is 2280. The van der Waals surface area contributed by atoms with Gasteiger partial charge in [0.2, 0.25) is 0 Å². The number of hydrogen-bond acceptors (Lipinski definition) is 4. The largest absolute Gasteiger partial charge is 0.331 e. The Hall–Kier alpha value is -5.74. The molecule has 0 amide bonds. The molecule has 6 aromatic carbocycles. The average molecular weight is 563 g/mol. The number of pyridine rings is 2. The molecule has 2 unspecified atom stereocenters. The first-order chi connectivity index (χ1) is 21.8. The van der Waals surface area contributed by atoms with Crippen LogP contribution in [-0.4, -0.2) is 9.97 Å². The zero-order valence-electron chi connectivity index (χ0n) is 23.8. The van der Waals surface area contributed by atoms with Crippen molar-refractivity contribution in [1.82, 2.24) is 9.97 Å². The van der Waals surface area contributed by atoms with Crippen molar-refractivity contribution in [2.75, 3.05) is 9.80 Å². The Morgan fingerprint density at radius 3 is 1.25 bits per heavy atom. The molecular weight excluding hydrogens is 536 g/mol. The molecule has 2 atom stereocenters. The zero-order chi connectivity index (χ0) is 28.8. The first kappa shape index (κ1) is 23.8. The Kier molecular flexibility index (Phi) is 4.80. The third kappa shape index (κ3) is 3.34. The maximum atomic E-state index is 4.36. The van der Waals surface area contributed by atoms with Crippen LogP contribution in [0.2, 0.25) is 0 Å². The van der Waals surface area contributed by atoms with Gasteiger partial charge in [0, 0.05) is 69.4 Å². The van der Waals surface area contributed by atoms with Gasteiger partial charge in [-0.25, -0.2) is 0 Å². The molecule has 206 valence electrons. The van der Waals surface area contributed by atoms with Crippen molar-refractivity contribution < 1.29 is 0 Å². The smallest absolute Gasteiger partial charge is 0.0862 e. The van der Waals surface area contributed by atoms with Gasteiger partial charge in [-0.05, 0) is 93.0 Å². The summed E-state index contributed by atoms with van der Waals surface area (Å²) < 4.78 is 0. The summed E-state index contributed by atoms with van der Waals surface area (Å²) in [6.45, 7) is 0. The summed E-state index contributed by atoms with van der Waals surface area (Å²) in [5.74, 6) is 0. The maximum Gasteiger partial charge on any atom is 0.0862 e. The molecule has 2 aliphatic heterocycles. The van der Waals surface area contributed by atoms with Crippen LogP contribution in [0.5, 0.6) is 0 Å². The zero-order valence-corrected chi connectivity index (χ0v) is 23.8. The molecule has 0 saturated heterocycles. The summed E-state index contributed by atoms with van der Waals surface area (Å²) >= 11 is 0. The van der Waals surface area contributed by atoms with Gasteiger partial charge in [0.15, 0.2) is 0 Å². The Balaban J connectivity index is 1.29. The second-order valence-corrected chi connectivity index (χ2v) is 12.0. The highest BCUT2D eigenvalue weighted by Gasteiger charge is 2.50. The normalized spacial score (nSPS) is 17.0. The van der Waals surface area contributed by atoms with Gasteiger partial charge >= 0.3 is 0 Å². The number of aromatic nitrogens is 2. The summed E-state index contributed by atoms with van der Waals surface area (Å²) in [4.78, 5) is 13.9. The minimum absolute atomic E-state index is 0.0915. The lowest BCUT2D eigenvalue weighted by atomic mass is 9.97. The van der Waals surface area contributed by atoms with Crippen LogP contribution < -0.4 is 9.80 Å². The van der Waals surface area contributed by atoms with Gasteiger partial charge in [-0.15, -0.1) is 0 Å². The Labute approximate surface area is 254 Å². The first-order valence-corrected chi connectivity index (χ1v) is 15.1. The molecule has 4 heteroatoms. The fraction of sp³-hybridized carbons (Fsp3) is 0.0500. The van der Waals surface area contributed by atoms with Crippen LogP contribution in [0.25, 0.3) is 43.1 Å². The fourth-order valence-corrected chi connectivity index (χ4v) is 7.62. The van der Waals surface area contributed by atoms with Crippen molar-refractivity contribution >= 4 is 65.8 Å². The summed E-state index contributed by atoms with van der Waals surface area (Å²) in [6, 6.07) is 45.1. The van der Waals surface area contributed by atoms with E-state index in [1.165, 1.54) is 66.2 Å². The number of anilines is 4. The lowest BCUT2D eigenvalue weighted by Gasteiger charge is -2.29. The number of hydrogen-bond donors (Lipinski definition) is 0. The van der Waals surface area contributed by atoms with E-state index in [-0.39, 0.29) is 12.1 Å². The van der Waals surface area contributed by atoms with Gasteiger partial charge < -0.3 is 9.80 Å². The molecule has 4 nitrogen and oxygen atoms in total. The molecule has 2 aliphatic rings. The van der Waals surface area contributed by atoms with Crippen molar-refractivity contribution in [2.24, 2.45) is 0 Å². The van der Waals surface area contributed by atoms with Crippen molar-refractivity contribution in [3.05, 3.63) is 157 Å². The first-order valence-electron chi connectivity index (χ1n) is 15.1. The molecule has 4 heterocycles. The van der Waals surface area contributed by atoms with Crippen LogP contribution in [0.15, 0.2) is 146 Å². The minimum atomic E-state index is 0.0915. The summed E-state index contributed by atoms with van der Waals surface area (Å²) in [6.07, 6.45) is 7.66. The second-order valence-electron chi connectivity index (χ2n) is 12.0. The quantitative estimate of drug-likeness (QED) is 0.210. The van der Waals surface area contributed by atoms with Crippen molar-refractivity contribution in [2.45, 2.75) is 12.1 Å². The number of nitrogens with zero attached hydrogens (tertiary/aromatic N) is 4. The lowest BCUT2D eigenvalue weighted by Crippen LogP contribution is -2.24. The van der Waals surface area contributed by atoms with Gasteiger partial charge in [0.1, 0.15) is 0 Å². The van der Waals surface area contributed by atoms with Crippen LogP contribution in [0.4, 0.5) is 22.7 Å². The highest BCUT2D eigenvalue weighted by Crippen LogP contribution is 2.63. The molecule has 2 aromatic heterocycles. The number of benzene rings is 6. The maximum absolute atomic E-state index is 4.36. The van der Waals surface area contributed by atoms with E-state index < -0.39 is 0 Å². The summed E-state index contributed by atoms with van der Waals surface area (Å²) in [7, 11) is 0. The van der Waals surface area contributed by atoms with Gasteiger partial charge in [-0.1, -0.05) is 60.7 Å². The van der Waals surface area contributed by atoms with E-state index >= 15 is 0 Å². The van der Waals surface area contributed by atoms with Crippen LogP contribution in [0, 0.1) is 0 Å². The van der Waals surface area contributed by atoms with Gasteiger partial charge in [0.25, 0.3) is 0 Å². The van der Waals surface area contributed by atoms with Crippen molar-refractivity contribution in [1.29, 1.82) is 0 Å². The average Bonchev–Trinajstić information content (AvgIpc) is 3.57. The van der Waals surface area contributed by atoms with E-state index in [0.29, 0.717) is 0 Å². The van der Waals surface area contributed by atoms with E-state index in [9.17, 15) is 0 Å². The van der Waals surface area contributed by atoms with Crippen molar-refractivity contribution in [3.63, 3.8) is 0 Å². The van der Waals surface area contributed by atoms with E-state index in [0.717, 1.165) is 10.8 Å². The SMILES string of the molecule is c1ccc2cc3c(cc2c1)C1C(c2cc4ccccc4cc2N1c1ccc2cnccc2c1)N3c1ccc2cnccc2c1. The van der Waals surface area contributed by atoms with Gasteiger partial charge in [0.05, 0.1) is 12.1 Å². The summed E-state index contributed by atoms with van der Waals surface area (Å²) in [5, 5.41) is 9.73. The van der Waals surface area contributed by atoms with E-state index in [4.69, 9.17) is 0 Å².